The number of aromatic nitrogens is 5. The van der Waals surface area contributed by atoms with Crippen molar-refractivity contribution in [3.63, 3.8) is 0 Å². The summed E-state index contributed by atoms with van der Waals surface area (Å²) in [6, 6.07) is 28.3. The van der Waals surface area contributed by atoms with E-state index in [1.54, 1.807) is 11.8 Å². The van der Waals surface area contributed by atoms with Crippen LogP contribution in [0.25, 0.3) is 40.1 Å². The van der Waals surface area contributed by atoms with Gasteiger partial charge in [-0.15, -0.1) is 16.9 Å². The van der Waals surface area contributed by atoms with Gasteiger partial charge in [-0.1, -0.05) is 85.0 Å². The maximum Gasteiger partial charge on any atom is 0.291 e. The molecule has 0 bridgehead atoms. The molecule has 0 spiro atoms. The molecule has 0 fully saturated rings. The first-order chi connectivity index (χ1) is 18.7. The van der Waals surface area contributed by atoms with E-state index in [-0.39, 0.29) is 5.56 Å². The molecule has 0 radical (unpaired) electrons. The number of hydrogen-bond acceptors (Lipinski definition) is 6. The Kier molecular flexibility index (Phi) is 6.73. The van der Waals surface area contributed by atoms with Crippen LogP contribution < -0.4 is 10.1 Å². The number of nitrogens with zero attached hydrogens (tertiary/aromatic N) is 5. The van der Waals surface area contributed by atoms with Gasteiger partial charge in [0.25, 0.3) is 5.56 Å². The van der Waals surface area contributed by atoms with Crippen molar-refractivity contribution in [1.29, 1.82) is 0 Å². The largest absolute Gasteiger partial charge is 0.291 e. The molecule has 0 saturated carbocycles. The summed E-state index contributed by atoms with van der Waals surface area (Å²) >= 11 is 3.13. The third-order valence-electron chi connectivity index (χ3n) is 5.91. The predicted octanol–water partition coefficient (Wildman–Crippen LogP) is 5.83. The Morgan fingerprint density at radius 1 is 0.895 bits per heavy atom. The molecule has 0 unspecified atom stereocenters. The van der Waals surface area contributed by atoms with Crippen LogP contribution in [0.3, 0.4) is 0 Å². The third-order valence-corrected chi connectivity index (χ3v) is 7.76. The first-order valence-electron chi connectivity index (χ1n) is 12.2. The maximum atomic E-state index is 13.2. The van der Waals surface area contributed by atoms with E-state index in [1.807, 2.05) is 89.8 Å². The highest BCUT2D eigenvalue weighted by molar-refractivity contribution is 7.99. The van der Waals surface area contributed by atoms with Crippen molar-refractivity contribution in [2.45, 2.75) is 11.8 Å². The van der Waals surface area contributed by atoms with Gasteiger partial charge in [0.15, 0.2) is 5.82 Å². The molecule has 0 aliphatic rings. The Hall–Kier alpha value is -4.27. The van der Waals surface area contributed by atoms with Crippen LogP contribution in [-0.4, -0.2) is 30.1 Å². The summed E-state index contributed by atoms with van der Waals surface area (Å²) in [4.78, 5) is 19.6. The minimum absolute atomic E-state index is 0.190. The Labute approximate surface area is 227 Å². The second kappa shape index (κ2) is 10.6. The van der Waals surface area contributed by atoms with E-state index in [0.717, 1.165) is 33.8 Å². The number of thiazole rings is 1. The van der Waals surface area contributed by atoms with Crippen molar-refractivity contribution in [2.75, 3.05) is 5.75 Å². The Balaban J connectivity index is 1.40. The van der Waals surface area contributed by atoms with Gasteiger partial charge in [-0.05, 0) is 47.7 Å². The van der Waals surface area contributed by atoms with Gasteiger partial charge in [-0.2, -0.15) is 14.6 Å². The number of fused-ring (bicyclic) bond motifs is 1. The molecule has 6 rings (SSSR count). The molecule has 0 atom stereocenters. The van der Waals surface area contributed by atoms with Gasteiger partial charge in [0, 0.05) is 22.2 Å². The Morgan fingerprint density at radius 3 is 2.34 bits per heavy atom. The molecule has 0 aliphatic carbocycles. The van der Waals surface area contributed by atoms with Crippen molar-refractivity contribution >= 4 is 46.3 Å². The minimum Gasteiger partial charge on any atom is -0.266 e. The van der Waals surface area contributed by atoms with E-state index in [2.05, 4.69) is 41.3 Å². The number of benzene rings is 3. The predicted molar refractivity (Wildman–Crippen MR) is 157 cm³/mol. The van der Waals surface area contributed by atoms with Crippen LogP contribution in [0.4, 0.5) is 0 Å². The second-order valence-corrected chi connectivity index (χ2v) is 10.8. The molecule has 8 heteroatoms. The lowest BCUT2D eigenvalue weighted by Gasteiger charge is -2.02. The fourth-order valence-electron chi connectivity index (χ4n) is 4.10. The molecule has 3 aromatic heterocycles. The summed E-state index contributed by atoms with van der Waals surface area (Å²) in [7, 11) is 0. The van der Waals surface area contributed by atoms with Crippen LogP contribution in [0.15, 0.2) is 101 Å². The lowest BCUT2D eigenvalue weighted by atomic mass is 10.1. The van der Waals surface area contributed by atoms with E-state index in [9.17, 15) is 4.79 Å². The van der Waals surface area contributed by atoms with E-state index < -0.39 is 0 Å². The fourth-order valence-corrected chi connectivity index (χ4v) is 5.67. The molecule has 0 N–H and O–H groups in total. The molecule has 38 heavy (non-hydrogen) atoms. The highest BCUT2D eigenvalue weighted by Gasteiger charge is 2.14. The first kappa shape index (κ1) is 24.1. The molecular weight excluding hydrogens is 510 g/mol. The minimum atomic E-state index is -0.190. The van der Waals surface area contributed by atoms with Gasteiger partial charge in [0.2, 0.25) is 4.96 Å². The maximum absolute atomic E-state index is 13.2. The molecule has 3 heterocycles. The summed E-state index contributed by atoms with van der Waals surface area (Å²) < 4.78 is 3.79. The number of thioether (sulfide) groups is 1. The standard InChI is InChI=1S/C30H23N5OS2/c1-2-37-25-16-14-22(15-17-25)28-23(20-34(33-28)24-11-7-4-8-12-24)19-26-29(36)35-30(38-26)31-27(32-35)18-13-21-9-5-3-6-10-21/h3-20H,2H2,1H3/b18-13+,26-19-. The normalized spacial score (nSPS) is 12.2. The van der Waals surface area contributed by atoms with Crippen LogP contribution in [0.2, 0.25) is 0 Å². The lowest BCUT2D eigenvalue weighted by Crippen LogP contribution is -2.23. The zero-order valence-electron chi connectivity index (χ0n) is 20.6. The third kappa shape index (κ3) is 4.96. The molecule has 0 saturated heterocycles. The average molecular weight is 534 g/mol. The SMILES string of the molecule is CCSc1ccc(-c2nn(-c3ccccc3)cc2/C=c2\sc3nc(/C=C/c4ccccc4)nn3c2=O)cc1. The van der Waals surface area contributed by atoms with Crippen LogP contribution in [0.5, 0.6) is 0 Å². The smallest absolute Gasteiger partial charge is 0.266 e. The van der Waals surface area contributed by atoms with E-state index >= 15 is 0 Å². The average Bonchev–Trinajstić information content (AvgIpc) is 3.64. The second-order valence-electron chi connectivity index (χ2n) is 8.49. The van der Waals surface area contributed by atoms with Crippen LogP contribution >= 0.6 is 23.1 Å². The zero-order chi connectivity index (χ0) is 25.9. The number of para-hydroxylation sites is 1. The van der Waals surface area contributed by atoms with Crippen molar-refractivity contribution in [3.8, 4) is 16.9 Å². The zero-order valence-corrected chi connectivity index (χ0v) is 22.2. The van der Waals surface area contributed by atoms with E-state index in [1.165, 1.54) is 20.7 Å². The quantitative estimate of drug-likeness (QED) is 0.242. The summed E-state index contributed by atoms with van der Waals surface area (Å²) in [6.45, 7) is 2.14. The van der Waals surface area contributed by atoms with Gasteiger partial charge in [-0.25, -0.2) is 4.68 Å². The van der Waals surface area contributed by atoms with Gasteiger partial charge in [0.05, 0.1) is 15.9 Å². The monoisotopic (exact) mass is 533 g/mol. The topological polar surface area (TPSA) is 65.1 Å². The van der Waals surface area contributed by atoms with Crippen LogP contribution in [0, 0.1) is 0 Å². The number of rotatable bonds is 7. The van der Waals surface area contributed by atoms with E-state index in [4.69, 9.17) is 5.10 Å². The van der Waals surface area contributed by atoms with Crippen LogP contribution in [-0.2, 0) is 0 Å². The fraction of sp³-hybridized carbons (Fsp3) is 0.0667. The molecule has 6 aromatic rings. The lowest BCUT2D eigenvalue weighted by molar-refractivity contribution is 0.884. The molecule has 186 valence electrons. The molecule has 3 aromatic carbocycles. The van der Waals surface area contributed by atoms with Crippen molar-refractivity contribution in [1.82, 2.24) is 24.4 Å². The molecule has 6 nitrogen and oxygen atoms in total. The van der Waals surface area contributed by atoms with Gasteiger partial charge >= 0.3 is 0 Å². The van der Waals surface area contributed by atoms with Crippen molar-refractivity contribution < 1.29 is 0 Å². The summed E-state index contributed by atoms with van der Waals surface area (Å²) in [6.07, 6.45) is 7.61. The van der Waals surface area contributed by atoms with E-state index in [0.29, 0.717) is 15.3 Å². The van der Waals surface area contributed by atoms with Crippen molar-refractivity contribution in [2.24, 2.45) is 0 Å². The van der Waals surface area contributed by atoms with Gasteiger partial charge in [-0.3, -0.25) is 4.79 Å². The summed E-state index contributed by atoms with van der Waals surface area (Å²) in [5, 5.41) is 9.32. The Bertz CT molecular complexity index is 1840. The van der Waals surface area contributed by atoms with Crippen molar-refractivity contribution in [3.05, 3.63) is 123 Å². The number of hydrogen-bond donors (Lipinski definition) is 0. The summed E-state index contributed by atoms with van der Waals surface area (Å²) in [5.74, 6) is 1.53. The van der Waals surface area contributed by atoms with Crippen LogP contribution in [0.1, 0.15) is 23.9 Å². The molecule has 0 aliphatic heterocycles. The first-order valence-corrected chi connectivity index (χ1v) is 14.0. The summed E-state index contributed by atoms with van der Waals surface area (Å²) in [5.41, 5.74) is 4.47. The highest BCUT2D eigenvalue weighted by Crippen LogP contribution is 2.27. The highest BCUT2D eigenvalue weighted by atomic mass is 32.2. The molecular formula is C30H23N5OS2. The van der Waals surface area contributed by atoms with Gasteiger partial charge in [0.1, 0.15) is 0 Å². The molecule has 0 amide bonds. The Morgan fingerprint density at radius 2 is 1.63 bits per heavy atom. The van der Waals surface area contributed by atoms with Gasteiger partial charge < -0.3 is 0 Å².